The van der Waals surface area contributed by atoms with Crippen molar-refractivity contribution in [2.75, 3.05) is 5.32 Å². The molecule has 3 aromatic rings. The summed E-state index contributed by atoms with van der Waals surface area (Å²) in [6.45, 7) is 3.85. The molecule has 1 N–H and O–H groups in total. The zero-order chi connectivity index (χ0) is 15.5. The van der Waals surface area contributed by atoms with Crippen molar-refractivity contribution >= 4 is 34.3 Å². The summed E-state index contributed by atoms with van der Waals surface area (Å²) >= 11 is 3.06. The third kappa shape index (κ3) is 3.40. The van der Waals surface area contributed by atoms with E-state index in [0.29, 0.717) is 11.3 Å². The van der Waals surface area contributed by atoms with Crippen molar-refractivity contribution in [1.29, 1.82) is 0 Å². The van der Waals surface area contributed by atoms with E-state index in [1.54, 1.807) is 11.3 Å². The molecular formula is C16H15N3OS2. The third-order valence-electron chi connectivity index (χ3n) is 3.05. The predicted octanol–water partition coefficient (Wildman–Crippen LogP) is 4.06. The number of aromatic nitrogens is 2. The molecule has 0 aliphatic carbocycles. The van der Waals surface area contributed by atoms with Gasteiger partial charge in [0, 0.05) is 16.8 Å². The van der Waals surface area contributed by atoms with Crippen molar-refractivity contribution in [3.8, 4) is 0 Å². The number of hydrogen-bond acceptors (Lipinski definition) is 5. The molecule has 0 saturated heterocycles. The second-order valence-electron chi connectivity index (χ2n) is 4.90. The predicted molar refractivity (Wildman–Crippen MR) is 90.9 cm³/mol. The van der Waals surface area contributed by atoms with E-state index in [1.165, 1.54) is 11.3 Å². The highest BCUT2D eigenvalue weighted by Crippen LogP contribution is 2.23. The van der Waals surface area contributed by atoms with E-state index in [9.17, 15) is 4.79 Å². The van der Waals surface area contributed by atoms with Crippen molar-refractivity contribution in [2.24, 2.45) is 0 Å². The van der Waals surface area contributed by atoms with Gasteiger partial charge in [0.1, 0.15) is 9.88 Å². The maximum Gasteiger partial charge on any atom is 0.267 e. The summed E-state index contributed by atoms with van der Waals surface area (Å²) < 4.78 is 0. The minimum Gasteiger partial charge on any atom is -0.321 e. The smallest absolute Gasteiger partial charge is 0.267 e. The highest BCUT2D eigenvalue weighted by Gasteiger charge is 2.16. The van der Waals surface area contributed by atoms with E-state index in [4.69, 9.17) is 0 Å². The molecule has 0 aliphatic heterocycles. The van der Waals surface area contributed by atoms with E-state index in [-0.39, 0.29) is 5.91 Å². The zero-order valence-corrected chi connectivity index (χ0v) is 13.9. The van der Waals surface area contributed by atoms with Gasteiger partial charge in [0.2, 0.25) is 0 Å². The minimum atomic E-state index is -0.109. The Hall–Kier alpha value is -2.05. The molecule has 6 heteroatoms. The van der Waals surface area contributed by atoms with Gasteiger partial charge in [0.25, 0.3) is 5.91 Å². The average molecular weight is 329 g/mol. The molecule has 0 atom stereocenters. The number of nitrogens with one attached hydrogen (secondary N) is 1. The van der Waals surface area contributed by atoms with Crippen molar-refractivity contribution in [3.05, 3.63) is 62.0 Å². The van der Waals surface area contributed by atoms with Gasteiger partial charge >= 0.3 is 0 Å². The fourth-order valence-corrected chi connectivity index (χ4v) is 3.89. The highest BCUT2D eigenvalue weighted by atomic mass is 32.1. The summed E-state index contributed by atoms with van der Waals surface area (Å²) in [5.41, 5.74) is 2.58. The van der Waals surface area contributed by atoms with Crippen molar-refractivity contribution in [1.82, 2.24) is 9.97 Å². The van der Waals surface area contributed by atoms with Crippen molar-refractivity contribution < 1.29 is 4.79 Å². The molecule has 0 fully saturated rings. The number of thiazole rings is 2. The minimum absolute atomic E-state index is 0.109. The number of nitrogens with zero attached hydrogens (tertiary/aromatic N) is 2. The molecule has 0 spiro atoms. The summed E-state index contributed by atoms with van der Waals surface area (Å²) in [6, 6.07) is 9.44. The first kappa shape index (κ1) is 14.9. The van der Waals surface area contributed by atoms with Crippen molar-refractivity contribution in [3.63, 3.8) is 0 Å². The fourth-order valence-electron chi connectivity index (χ4n) is 2.06. The lowest BCUT2D eigenvalue weighted by Gasteiger charge is -2.02. The zero-order valence-electron chi connectivity index (χ0n) is 12.3. The third-order valence-corrected chi connectivity index (χ3v) is 5.17. The van der Waals surface area contributed by atoms with Crippen LogP contribution in [0.25, 0.3) is 0 Å². The number of anilines is 1. The number of rotatable bonds is 4. The number of carbonyl (C=O) groups is 1. The number of para-hydroxylation sites is 1. The van der Waals surface area contributed by atoms with Gasteiger partial charge in [-0.25, -0.2) is 9.97 Å². The van der Waals surface area contributed by atoms with Crippen molar-refractivity contribution in [2.45, 2.75) is 20.3 Å². The Morgan fingerprint density at radius 3 is 2.59 bits per heavy atom. The van der Waals surface area contributed by atoms with Crippen LogP contribution in [0.3, 0.4) is 0 Å². The number of carbonyl (C=O) groups excluding carboxylic acids is 1. The Kier molecular flexibility index (Phi) is 4.31. The molecule has 0 saturated carbocycles. The summed E-state index contributed by atoms with van der Waals surface area (Å²) in [6.07, 6.45) is 0.683. The summed E-state index contributed by atoms with van der Waals surface area (Å²) in [7, 11) is 0. The van der Waals surface area contributed by atoms with Gasteiger partial charge in [-0.05, 0) is 26.0 Å². The van der Waals surface area contributed by atoms with Crippen LogP contribution in [0.15, 0.2) is 35.7 Å². The molecule has 22 heavy (non-hydrogen) atoms. The van der Waals surface area contributed by atoms with Crippen LogP contribution in [0.1, 0.15) is 31.1 Å². The molecule has 2 heterocycles. The van der Waals surface area contributed by atoms with Crippen LogP contribution in [-0.4, -0.2) is 15.9 Å². The Bertz CT molecular complexity index is 793. The van der Waals surface area contributed by atoms with Crippen LogP contribution in [0, 0.1) is 13.8 Å². The SMILES string of the molecule is Cc1csc(Cc2nc(C)c(C(=O)Nc3ccccc3)s2)n1. The van der Waals surface area contributed by atoms with Crippen LogP contribution in [0.5, 0.6) is 0 Å². The molecule has 0 aliphatic rings. The first-order valence-electron chi connectivity index (χ1n) is 6.85. The van der Waals surface area contributed by atoms with Crippen LogP contribution in [-0.2, 0) is 6.42 Å². The lowest BCUT2D eigenvalue weighted by Crippen LogP contribution is -2.11. The second kappa shape index (κ2) is 6.37. The normalized spacial score (nSPS) is 10.6. The Labute approximate surface area is 136 Å². The number of benzene rings is 1. The largest absolute Gasteiger partial charge is 0.321 e. The first-order valence-corrected chi connectivity index (χ1v) is 8.55. The maximum absolute atomic E-state index is 12.4. The van der Waals surface area contributed by atoms with Gasteiger partial charge in [0.05, 0.1) is 17.1 Å². The van der Waals surface area contributed by atoms with E-state index in [0.717, 1.165) is 27.1 Å². The molecule has 0 unspecified atom stereocenters. The summed E-state index contributed by atoms with van der Waals surface area (Å²) in [5.74, 6) is -0.109. The maximum atomic E-state index is 12.4. The first-order chi connectivity index (χ1) is 10.6. The molecule has 1 amide bonds. The van der Waals surface area contributed by atoms with Crippen LogP contribution in [0.2, 0.25) is 0 Å². The van der Waals surface area contributed by atoms with Crippen LogP contribution < -0.4 is 5.32 Å². The molecule has 2 aromatic heterocycles. The lowest BCUT2D eigenvalue weighted by molar-refractivity contribution is 0.103. The lowest BCUT2D eigenvalue weighted by atomic mass is 10.3. The fraction of sp³-hybridized carbons (Fsp3) is 0.188. The van der Waals surface area contributed by atoms with E-state index in [2.05, 4.69) is 15.3 Å². The Balaban J connectivity index is 1.75. The quantitative estimate of drug-likeness (QED) is 0.785. The molecule has 112 valence electrons. The van der Waals surface area contributed by atoms with Gasteiger partial charge in [-0.2, -0.15) is 0 Å². The number of aryl methyl sites for hydroxylation is 2. The molecule has 0 bridgehead atoms. The highest BCUT2D eigenvalue weighted by molar-refractivity contribution is 7.14. The van der Waals surface area contributed by atoms with Gasteiger partial charge in [-0.1, -0.05) is 18.2 Å². The Morgan fingerprint density at radius 1 is 1.14 bits per heavy atom. The molecule has 4 nitrogen and oxygen atoms in total. The standard InChI is InChI=1S/C16H15N3OS2/c1-10-9-21-13(17-10)8-14-18-11(2)15(22-14)16(20)19-12-6-4-3-5-7-12/h3-7,9H,8H2,1-2H3,(H,19,20). The number of hydrogen-bond donors (Lipinski definition) is 1. The molecule has 3 rings (SSSR count). The van der Waals surface area contributed by atoms with E-state index < -0.39 is 0 Å². The Morgan fingerprint density at radius 2 is 1.91 bits per heavy atom. The van der Waals surface area contributed by atoms with Gasteiger partial charge in [0.15, 0.2) is 0 Å². The van der Waals surface area contributed by atoms with Gasteiger partial charge in [-0.15, -0.1) is 22.7 Å². The van der Waals surface area contributed by atoms with Gasteiger partial charge in [-0.3, -0.25) is 4.79 Å². The van der Waals surface area contributed by atoms with Crippen LogP contribution in [0.4, 0.5) is 5.69 Å². The summed E-state index contributed by atoms with van der Waals surface area (Å²) in [4.78, 5) is 22.0. The van der Waals surface area contributed by atoms with Crippen LogP contribution >= 0.6 is 22.7 Å². The average Bonchev–Trinajstić information content (AvgIpc) is 3.06. The van der Waals surface area contributed by atoms with E-state index >= 15 is 0 Å². The monoisotopic (exact) mass is 329 g/mol. The molecule has 1 aromatic carbocycles. The number of amides is 1. The van der Waals surface area contributed by atoms with E-state index in [1.807, 2.05) is 49.6 Å². The topological polar surface area (TPSA) is 54.9 Å². The van der Waals surface area contributed by atoms with Gasteiger partial charge < -0.3 is 5.32 Å². The molecule has 0 radical (unpaired) electrons. The summed E-state index contributed by atoms with van der Waals surface area (Å²) in [5, 5.41) is 6.88. The molecular weight excluding hydrogens is 314 g/mol. The second-order valence-corrected chi connectivity index (χ2v) is 6.93.